The van der Waals surface area contributed by atoms with Crippen molar-refractivity contribution in [3.05, 3.63) is 30.3 Å². The van der Waals surface area contributed by atoms with Crippen LogP contribution in [0.2, 0.25) is 0 Å². The first-order valence-corrected chi connectivity index (χ1v) is 8.88. The molecule has 0 radical (unpaired) electrons. The molecule has 126 valence electrons. The maximum Gasteiger partial charge on any atom is 0.282 e. The minimum Gasteiger partial charge on any atom is -0.372 e. The number of anilines is 1. The summed E-state index contributed by atoms with van der Waals surface area (Å²) in [7, 11) is 0. The number of piperazine rings is 1. The Bertz CT molecular complexity index is 494. The summed E-state index contributed by atoms with van der Waals surface area (Å²) >= 11 is 0. The molecule has 3 rings (SSSR count). The quantitative estimate of drug-likeness (QED) is 0.650. The van der Waals surface area contributed by atoms with Crippen LogP contribution in [-0.4, -0.2) is 57.4 Å². The first-order valence-electron chi connectivity index (χ1n) is 8.88. The molecule has 0 bridgehead atoms. The highest BCUT2D eigenvalue weighted by molar-refractivity contribution is 5.93. The fourth-order valence-corrected chi connectivity index (χ4v) is 3.65. The third-order valence-electron chi connectivity index (χ3n) is 5.19. The Morgan fingerprint density at radius 2 is 2.00 bits per heavy atom. The van der Waals surface area contributed by atoms with Gasteiger partial charge in [0.1, 0.15) is 38.8 Å². The van der Waals surface area contributed by atoms with Crippen LogP contribution in [0, 0.1) is 0 Å². The number of quaternary nitrogens is 2. The Labute approximate surface area is 138 Å². The second-order valence-corrected chi connectivity index (χ2v) is 6.82. The molecule has 23 heavy (non-hydrogen) atoms. The molecule has 5 heteroatoms. The van der Waals surface area contributed by atoms with Crippen LogP contribution in [0.5, 0.6) is 0 Å². The summed E-state index contributed by atoms with van der Waals surface area (Å²) in [4.78, 5) is 15.4. The van der Waals surface area contributed by atoms with Crippen molar-refractivity contribution in [2.75, 3.05) is 44.6 Å². The average molecular weight is 319 g/mol. The first-order chi connectivity index (χ1) is 11.2. The zero-order chi connectivity index (χ0) is 16.1. The van der Waals surface area contributed by atoms with Gasteiger partial charge in [0.15, 0.2) is 6.04 Å². The fraction of sp³-hybridized carbons (Fsp3) is 0.611. The lowest BCUT2D eigenvalue weighted by atomic mass is 10.2. The van der Waals surface area contributed by atoms with Crippen molar-refractivity contribution in [3.63, 3.8) is 0 Å². The second-order valence-electron chi connectivity index (χ2n) is 6.82. The largest absolute Gasteiger partial charge is 0.372 e. The number of rotatable bonds is 5. The van der Waals surface area contributed by atoms with Gasteiger partial charge in [-0.2, -0.15) is 0 Å². The molecule has 2 aliphatic heterocycles. The van der Waals surface area contributed by atoms with Crippen LogP contribution in [0.15, 0.2) is 30.3 Å². The molecule has 3 N–H and O–H groups in total. The molecule has 2 aliphatic rings. The molecule has 2 atom stereocenters. The van der Waals surface area contributed by atoms with E-state index in [0.29, 0.717) is 6.10 Å². The number of carbonyl (C=O) groups is 1. The van der Waals surface area contributed by atoms with Crippen molar-refractivity contribution in [3.8, 4) is 0 Å². The monoisotopic (exact) mass is 319 g/mol. The van der Waals surface area contributed by atoms with Crippen LogP contribution < -0.4 is 15.1 Å². The third kappa shape index (κ3) is 4.53. The van der Waals surface area contributed by atoms with E-state index in [2.05, 4.69) is 5.32 Å². The number of nitrogens with one attached hydrogen (secondary N) is 3. The number of hydrogen-bond donors (Lipinski definition) is 3. The lowest BCUT2D eigenvalue weighted by Gasteiger charge is -2.33. The van der Waals surface area contributed by atoms with E-state index < -0.39 is 0 Å². The van der Waals surface area contributed by atoms with Gasteiger partial charge in [-0.05, 0) is 31.9 Å². The molecule has 2 fully saturated rings. The Morgan fingerprint density at radius 3 is 2.65 bits per heavy atom. The molecule has 5 nitrogen and oxygen atoms in total. The summed E-state index contributed by atoms with van der Waals surface area (Å²) < 4.78 is 5.74. The van der Waals surface area contributed by atoms with Gasteiger partial charge in [0.25, 0.3) is 5.91 Å². The Hall–Kier alpha value is -1.43. The number of hydrogen-bond acceptors (Lipinski definition) is 2. The summed E-state index contributed by atoms with van der Waals surface area (Å²) in [6.07, 6.45) is 2.90. The van der Waals surface area contributed by atoms with Gasteiger partial charge >= 0.3 is 0 Å². The molecule has 2 heterocycles. The molecule has 0 aliphatic carbocycles. The molecule has 0 saturated carbocycles. The van der Waals surface area contributed by atoms with Crippen LogP contribution in [0.4, 0.5) is 5.69 Å². The SMILES string of the molecule is C[C@H](C(=O)Nc1ccccc1)[NH+]1CC[NH+](C[C@@H]2CCCO2)CC1. The van der Waals surface area contributed by atoms with E-state index >= 15 is 0 Å². The first kappa shape index (κ1) is 16.4. The molecule has 1 aromatic rings. The highest BCUT2D eigenvalue weighted by atomic mass is 16.5. The topological polar surface area (TPSA) is 47.2 Å². The normalized spacial score (nSPS) is 29.2. The molecular formula is C18H29N3O2+2. The number of carbonyl (C=O) groups excluding carboxylic acids is 1. The molecule has 0 unspecified atom stereocenters. The summed E-state index contributed by atoms with van der Waals surface area (Å²) in [6, 6.07) is 9.72. The summed E-state index contributed by atoms with van der Waals surface area (Å²) in [5.74, 6) is 0.119. The van der Waals surface area contributed by atoms with Crippen molar-refractivity contribution in [1.82, 2.24) is 0 Å². The standard InChI is InChI=1S/C18H27N3O2/c1-15(18(22)19-16-6-3-2-4-7-16)21-11-9-20(10-12-21)14-17-8-5-13-23-17/h2-4,6-7,15,17H,5,8-14H2,1H3,(H,19,22)/p+2/t15-,17+/m1/s1. The van der Waals surface area contributed by atoms with Crippen LogP contribution in [0.25, 0.3) is 0 Å². The molecule has 0 aromatic heterocycles. The van der Waals surface area contributed by atoms with Crippen LogP contribution >= 0.6 is 0 Å². The molecular weight excluding hydrogens is 290 g/mol. The molecule has 0 spiro atoms. The van der Waals surface area contributed by atoms with E-state index in [9.17, 15) is 4.79 Å². The number of amides is 1. The van der Waals surface area contributed by atoms with E-state index in [4.69, 9.17) is 4.74 Å². The van der Waals surface area contributed by atoms with Crippen molar-refractivity contribution in [2.45, 2.75) is 31.9 Å². The minimum atomic E-state index is -0.000475. The van der Waals surface area contributed by atoms with Crippen molar-refractivity contribution in [2.24, 2.45) is 0 Å². The molecule has 1 aromatic carbocycles. The van der Waals surface area contributed by atoms with Crippen LogP contribution in [0.1, 0.15) is 19.8 Å². The van der Waals surface area contributed by atoms with Crippen molar-refractivity contribution in [1.29, 1.82) is 0 Å². The summed E-state index contributed by atoms with van der Waals surface area (Å²) in [6.45, 7) is 8.51. The van der Waals surface area contributed by atoms with Gasteiger partial charge in [-0.3, -0.25) is 4.79 Å². The maximum atomic E-state index is 12.4. The predicted octanol–water partition coefficient (Wildman–Crippen LogP) is -1.02. The number of para-hydroxylation sites is 1. The lowest BCUT2D eigenvalue weighted by Crippen LogP contribution is -3.30. The molecule has 2 saturated heterocycles. The van der Waals surface area contributed by atoms with E-state index in [1.54, 1.807) is 4.90 Å². The Kier molecular flexibility index (Phi) is 5.65. The van der Waals surface area contributed by atoms with Gasteiger partial charge in [-0.25, -0.2) is 0 Å². The van der Waals surface area contributed by atoms with E-state index in [-0.39, 0.29) is 11.9 Å². The fourth-order valence-electron chi connectivity index (χ4n) is 3.65. The van der Waals surface area contributed by atoms with E-state index in [1.807, 2.05) is 37.3 Å². The zero-order valence-electron chi connectivity index (χ0n) is 14.0. The van der Waals surface area contributed by atoms with Gasteiger partial charge in [0.05, 0.1) is 0 Å². The molecule has 1 amide bonds. The maximum absolute atomic E-state index is 12.4. The smallest absolute Gasteiger partial charge is 0.282 e. The lowest BCUT2D eigenvalue weighted by molar-refractivity contribution is -1.02. The van der Waals surface area contributed by atoms with Crippen molar-refractivity contribution < 1.29 is 19.3 Å². The van der Waals surface area contributed by atoms with Gasteiger partial charge in [-0.15, -0.1) is 0 Å². The highest BCUT2D eigenvalue weighted by Gasteiger charge is 2.32. The second kappa shape index (κ2) is 7.90. The average Bonchev–Trinajstić information content (AvgIpc) is 3.09. The predicted molar refractivity (Wildman–Crippen MR) is 89.8 cm³/mol. The Balaban J connectivity index is 1.44. The van der Waals surface area contributed by atoms with E-state index in [0.717, 1.165) is 45.0 Å². The van der Waals surface area contributed by atoms with Crippen LogP contribution in [-0.2, 0) is 9.53 Å². The highest BCUT2D eigenvalue weighted by Crippen LogP contribution is 2.09. The van der Waals surface area contributed by atoms with E-state index in [1.165, 1.54) is 17.7 Å². The number of benzene rings is 1. The number of ether oxygens (including phenoxy) is 1. The van der Waals surface area contributed by atoms with Gasteiger partial charge in [0.2, 0.25) is 0 Å². The minimum absolute atomic E-state index is 0.000475. The van der Waals surface area contributed by atoms with Gasteiger partial charge in [0, 0.05) is 12.3 Å². The van der Waals surface area contributed by atoms with Crippen molar-refractivity contribution >= 4 is 11.6 Å². The van der Waals surface area contributed by atoms with Gasteiger partial charge < -0.3 is 19.9 Å². The summed E-state index contributed by atoms with van der Waals surface area (Å²) in [5.41, 5.74) is 0.881. The zero-order valence-corrected chi connectivity index (χ0v) is 14.0. The van der Waals surface area contributed by atoms with Gasteiger partial charge in [-0.1, -0.05) is 18.2 Å². The summed E-state index contributed by atoms with van der Waals surface area (Å²) in [5, 5.41) is 3.02. The Morgan fingerprint density at radius 1 is 1.26 bits per heavy atom. The van der Waals surface area contributed by atoms with Crippen LogP contribution in [0.3, 0.4) is 0 Å². The third-order valence-corrected chi connectivity index (χ3v) is 5.19.